The first-order valence-corrected chi connectivity index (χ1v) is 6.64. The molecule has 1 aromatic heterocycles. The molecule has 0 atom stereocenters. The van der Waals surface area contributed by atoms with Gasteiger partial charge in [0.2, 0.25) is 0 Å². The van der Waals surface area contributed by atoms with E-state index in [0.717, 1.165) is 21.3 Å². The molecule has 0 aliphatic rings. The molecular formula is C12H16Br2N2. The molecule has 0 aromatic carbocycles. The summed E-state index contributed by atoms with van der Waals surface area (Å²) in [6.45, 7) is 11.0. The van der Waals surface area contributed by atoms with E-state index in [9.17, 15) is 0 Å². The Morgan fingerprint density at radius 2 is 2.06 bits per heavy atom. The first kappa shape index (κ1) is 13.7. The highest BCUT2D eigenvalue weighted by Crippen LogP contribution is 2.30. The summed E-state index contributed by atoms with van der Waals surface area (Å²) < 4.78 is 1.95. The van der Waals surface area contributed by atoms with Crippen LogP contribution in [0.2, 0.25) is 0 Å². The predicted molar refractivity (Wildman–Crippen MR) is 76.9 cm³/mol. The second kappa shape index (κ2) is 5.32. The van der Waals surface area contributed by atoms with Gasteiger partial charge in [-0.25, -0.2) is 4.98 Å². The van der Waals surface area contributed by atoms with E-state index in [4.69, 9.17) is 0 Å². The van der Waals surface area contributed by atoms with Crippen LogP contribution in [0.5, 0.6) is 0 Å². The highest BCUT2D eigenvalue weighted by atomic mass is 79.9. The second-order valence-corrected chi connectivity index (χ2v) is 6.30. The summed E-state index contributed by atoms with van der Waals surface area (Å²) in [7, 11) is 0. The van der Waals surface area contributed by atoms with Gasteiger partial charge in [0.05, 0.1) is 4.47 Å². The minimum atomic E-state index is 0.0114. The average molecular weight is 348 g/mol. The fourth-order valence-electron chi connectivity index (χ4n) is 1.41. The van der Waals surface area contributed by atoms with Gasteiger partial charge in [-0.15, -0.1) is 6.58 Å². The van der Waals surface area contributed by atoms with E-state index in [1.165, 1.54) is 0 Å². The molecule has 0 aliphatic heterocycles. The van der Waals surface area contributed by atoms with Crippen molar-refractivity contribution in [1.82, 2.24) is 4.98 Å². The average Bonchev–Trinajstić information content (AvgIpc) is 2.13. The molecule has 1 rings (SSSR count). The summed E-state index contributed by atoms with van der Waals surface area (Å²) in [5.41, 5.74) is 0.0114. The quantitative estimate of drug-likeness (QED) is 0.753. The third-order valence-electron chi connectivity index (χ3n) is 2.17. The van der Waals surface area contributed by atoms with Gasteiger partial charge in [-0.05, 0) is 58.7 Å². The van der Waals surface area contributed by atoms with Crippen molar-refractivity contribution in [3.63, 3.8) is 0 Å². The van der Waals surface area contributed by atoms with Gasteiger partial charge in [-0.3, -0.25) is 0 Å². The molecular weight excluding hydrogens is 332 g/mol. The number of aromatic nitrogens is 1. The highest BCUT2D eigenvalue weighted by molar-refractivity contribution is 9.11. The largest absolute Gasteiger partial charge is 0.347 e. The zero-order valence-electron chi connectivity index (χ0n) is 9.80. The maximum Gasteiger partial charge on any atom is 0.143 e. The van der Waals surface area contributed by atoms with Crippen LogP contribution in [0, 0.1) is 0 Å². The number of hydrogen-bond donors (Lipinski definition) is 0. The molecule has 16 heavy (non-hydrogen) atoms. The van der Waals surface area contributed by atoms with Gasteiger partial charge in [0.1, 0.15) is 5.82 Å². The fraction of sp³-hybridized carbons (Fsp3) is 0.417. The summed E-state index contributed by atoms with van der Waals surface area (Å²) >= 11 is 6.95. The highest BCUT2D eigenvalue weighted by Gasteiger charge is 2.23. The van der Waals surface area contributed by atoms with Gasteiger partial charge in [0.15, 0.2) is 0 Å². The molecule has 0 N–H and O–H groups in total. The lowest BCUT2D eigenvalue weighted by Crippen LogP contribution is -2.42. The Morgan fingerprint density at radius 1 is 1.44 bits per heavy atom. The van der Waals surface area contributed by atoms with E-state index in [0.29, 0.717) is 0 Å². The topological polar surface area (TPSA) is 16.1 Å². The van der Waals surface area contributed by atoms with Crippen molar-refractivity contribution in [3.05, 3.63) is 33.9 Å². The number of halogens is 2. The SMILES string of the molecule is C=CCN(c1ncc(Br)cc1Br)C(C)(C)C. The van der Waals surface area contributed by atoms with Crippen LogP contribution in [0.1, 0.15) is 20.8 Å². The van der Waals surface area contributed by atoms with E-state index >= 15 is 0 Å². The first-order valence-electron chi connectivity index (χ1n) is 5.06. The van der Waals surface area contributed by atoms with Crippen LogP contribution < -0.4 is 4.90 Å². The lowest BCUT2D eigenvalue weighted by atomic mass is 10.1. The molecule has 0 fully saturated rings. The summed E-state index contributed by atoms with van der Waals surface area (Å²) in [5, 5.41) is 0. The number of rotatable bonds is 3. The number of anilines is 1. The van der Waals surface area contributed by atoms with Gasteiger partial charge in [0, 0.05) is 22.8 Å². The van der Waals surface area contributed by atoms with Crippen molar-refractivity contribution in [2.75, 3.05) is 11.4 Å². The molecule has 0 amide bonds. The Hall–Kier alpha value is -0.350. The summed E-state index contributed by atoms with van der Waals surface area (Å²) in [4.78, 5) is 6.65. The molecule has 0 saturated carbocycles. The van der Waals surface area contributed by atoms with Crippen molar-refractivity contribution < 1.29 is 0 Å². The minimum absolute atomic E-state index is 0.0114. The molecule has 88 valence electrons. The van der Waals surface area contributed by atoms with Crippen LogP contribution >= 0.6 is 31.9 Å². The smallest absolute Gasteiger partial charge is 0.143 e. The zero-order chi connectivity index (χ0) is 12.3. The molecule has 0 radical (unpaired) electrons. The van der Waals surface area contributed by atoms with Crippen molar-refractivity contribution in [2.45, 2.75) is 26.3 Å². The fourth-order valence-corrected chi connectivity index (χ4v) is 2.61. The lowest BCUT2D eigenvalue weighted by Gasteiger charge is -2.36. The second-order valence-electron chi connectivity index (χ2n) is 4.53. The normalized spacial score (nSPS) is 11.3. The number of hydrogen-bond acceptors (Lipinski definition) is 2. The minimum Gasteiger partial charge on any atom is -0.347 e. The molecule has 0 saturated heterocycles. The van der Waals surface area contributed by atoms with E-state index in [1.807, 2.05) is 18.3 Å². The van der Waals surface area contributed by atoms with Crippen molar-refractivity contribution in [1.29, 1.82) is 0 Å². The molecule has 0 unspecified atom stereocenters. The van der Waals surface area contributed by atoms with Gasteiger partial charge in [-0.2, -0.15) is 0 Å². The van der Waals surface area contributed by atoms with Crippen LogP contribution in [-0.2, 0) is 0 Å². The molecule has 0 spiro atoms. The van der Waals surface area contributed by atoms with Crippen LogP contribution in [0.3, 0.4) is 0 Å². The molecule has 1 heterocycles. The monoisotopic (exact) mass is 346 g/mol. The molecule has 0 bridgehead atoms. The maximum atomic E-state index is 4.45. The van der Waals surface area contributed by atoms with Gasteiger partial charge >= 0.3 is 0 Å². The molecule has 0 aliphatic carbocycles. The van der Waals surface area contributed by atoms with Crippen molar-refractivity contribution in [3.8, 4) is 0 Å². The van der Waals surface area contributed by atoms with Gasteiger partial charge < -0.3 is 4.90 Å². The summed E-state index contributed by atoms with van der Waals surface area (Å²) in [5.74, 6) is 0.940. The lowest BCUT2D eigenvalue weighted by molar-refractivity contribution is 0.516. The van der Waals surface area contributed by atoms with Crippen LogP contribution in [0.4, 0.5) is 5.82 Å². The standard InChI is InChI=1S/C12H16Br2N2/c1-5-6-16(12(2,3)4)11-10(14)7-9(13)8-15-11/h5,7-8H,1,6H2,2-4H3. The molecule has 2 nitrogen and oxygen atoms in total. The predicted octanol–water partition coefficient (Wildman–Crippen LogP) is 4.40. The summed E-state index contributed by atoms with van der Waals surface area (Å²) in [6.07, 6.45) is 3.70. The van der Waals surface area contributed by atoms with Gasteiger partial charge in [-0.1, -0.05) is 6.08 Å². The maximum absolute atomic E-state index is 4.45. The van der Waals surface area contributed by atoms with E-state index < -0.39 is 0 Å². The Labute approximate surface area is 114 Å². The van der Waals surface area contributed by atoms with Crippen LogP contribution in [0.25, 0.3) is 0 Å². The Kier molecular flexibility index (Phi) is 4.56. The zero-order valence-corrected chi connectivity index (χ0v) is 13.0. The number of pyridine rings is 1. The number of nitrogens with zero attached hydrogens (tertiary/aromatic N) is 2. The van der Waals surface area contributed by atoms with Crippen molar-refractivity contribution >= 4 is 37.7 Å². The van der Waals surface area contributed by atoms with Crippen molar-refractivity contribution in [2.24, 2.45) is 0 Å². The van der Waals surface area contributed by atoms with E-state index in [-0.39, 0.29) is 5.54 Å². The van der Waals surface area contributed by atoms with Crippen LogP contribution in [-0.4, -0.2) is 17.1 Å². The Bertz CT molecular complexity index is 383. The molecule has 1 aromatic rings. The Balaban J connectivity index is 3.16. The third kappa shape index (κ3) is 3.32. The van der Waals surface area contributed by atoms with Crippen LogP contribution in [0.15, 0.2) is 33.9 Å². The molecule has 4 heteroatoms. The first-order chi connectivity index (χ1) is 7.36. The third-order valence-corrected chi connectivity index (χ3v) is 3.18. The van der Waals surface area contributed by atoms with E-state index in [2.05, 4.69) is 69.1 Å². The Morgan fingerprint density at radius 3 is 2.50 bits per heavy atom. The van der Waals surface area contributed by atoms with Gasteiger partial charge in [0.25, 0.3) is 0 Å². The summed E-state index contributed by atoms with van der Waals surface area (Å²) in [6, 6.07) is 2.00. The van der Waals surface area contributed by atoms with E-state index in [1.54, 1.807) is 0 Å².